The second kappa shape index (κ2) is 9.06. The van der Waals surface area contributed by atoms with Crippen molar-refractivity contribution in [3.63, 3.8) is 0 Å². The fourth-order valence-corrected chi connectivity index (χ4v) is 3.72. The molecule has 3 rings (SSSR count). The van der Waals surface area contributed by atoms with Crippen LogP contribution in [0.15, 0.2) is 53.5 Å². The molecule has 1 amide bonds. The SMILES string of the molecule is CCc1ccc([C@H](C)NC(=O)CSCc2cc(=O)n3cc(C)ccc3n2)cc1. The van der Waals surface area contributed by atoms with Crippen LogP contribution >= 0.6 is 11.8 Å². The third-order valence-electron chi connectivity index (χ3n) is 4.61. The van der Waals surface area contributed by atoms with E-state index >= 15 is 0 Å². The summed E-state index contributed by atoms with van der Waals surface area (Å²) in [5.41, 5.74) is 4.60. The van der Waals surface area contributed by atoms with Crippen LogP contribution in [0.1, 0.15) is 42.3 Å². The van der Waals surface area contributed by atoms with E-state index in [2.05, 4.69) is 41.5 Å². The molecule has 3 aromatic rings. The summed E-state index contributed by atoms with van der Waals surface area (Å²) >= 11 is 1.46. The van der Waals surface area contributed by atoms with E-state index in [1.807, 2.05) is 26.0 Å². The van der Waals surface area contributed by atoms with E-state index in [1.54, 1.807) is 10.6 Å². The molecule has 5 nitrogen and oxygen atoms in total. The van der Waals surface area contributed by atoms with Crippen LogP contribution in [0.5, 0.6) is 0 Å². The van der Waals surface area contributed by atoms with E-state index in [1.165, 1.54) is 23.4 Å². The van der Waals surface area contributed by atoms with E-state index in [9.17, 15) is 9.59 Å². The molecule has 0 saturated heterocycles. The van der Waals surface area contributed by atoms with Gasteiger partial charge in [0.2, 0.25) is 5.91 Å². The van der Waals surface area contributed by atoms with Crippen molar-refractivity contribution < 1.29 is 4.79 Å². The lowest BCUT2D eigenvalue weighted by Crippen LogP contribution is -2.28. The first-order valence-corrected chi connectivity index (χ1v) is 10.6. The Morgan fingerprint density at radius 3 is 2.68 bits per heavy atom. The lowest BCUT2D eigenvalue weighted by Gasteiger charge is -2.14. The maximum atomic E-state index is 12.2. The maximum Gasteiger partial charge on any atom is 0.258 e. The number of hydrogen-bond acceptors (Lipinski definition) is 4. The van der Waals surface area contributed by atoms with Crippen molar-refractivity contribution in [2.24, 2.45) is 0 Å². The van der Waals surface area contributed by atoms with Gasteiger partial charge >= 0.3 is 0 Å². The molecule has 0 aliphatic heterocycles. The minimum absolute atomic E-state index is 0.0230. The van der Waals surface area contributed by atoms with Gasteiger partial charge in [0.15, 0.2) is 0 Å². The second-order valence-corrected chi connectivity index (χ2v) is 7.88. The van der Waals surface area contributed by atoms with Gasteiger partial charge in [-0.05, 0) is 43.0 Å². The van der Waals surface area contributed by atoms with E-state index in [4.69, 9.17) is 0 Å². The van der Waals surface area contributed by atoms with E-state index < -0.39 is 0 Å². The highest BCUT2D eigenvalue weighted by atomic mass is 32.2. The zero-order valence-corrected chi connectivity index (χ0v) is 17.3. The Bertz CT molecular complexity index is 1030. The van der Waals surface area contributed by atoms with Gasteiger partial charge in [0.05, 0.1) is 17.5 Å². The Morgan fingerprint density at radius 1 is 1.21 bits per heavy atom. The number of amides is 1. The Morgan fingerprint density at radius 2 is 1.96 bits per heavy atom. The topological polar surface area (TPSA) is 63.5 Å². The fraction of sp³-hybridized carbons (Fsp3) is 0.318. The number of hydrogen-bond donors (Lipinski definition) is 1. The molecule has 6 heteroatoms. The Hall–Kier alpha value is -2.60. The number of rotatable bonds is 7. The summed E-state index contributed by atoms with van der Waals surface area (Å²) in [5, 5.41) is 3.02. The highest BCUT2D eigenvalue weighted by Crippen LogP contribution is 2.15. The van der Waals surface area contributed by atoms with Gasteiger partial charge in [-0.2, -0.15) is 0 Å². The van der Waals surface area contributed by atoms with Gasteiger partial charge in [-0.25, -0.2) is 4.98 Å². The lowest BCUT2D eigenvalue weighted by molar-refractivity contribution is -0.119. The average molecular weight is 396 g/mol. The van der Waals surface area contributed by atoms with Crippen LogP contribution in [0.3, 0.4) is 0 Å². The summed E-state index contributed by atoms with van der Waals surface area (Å²) in [5.74, 6) is 0.823. The number of aryl methyl sites for hydroxylation is 2. The smallest absolute Gasteiger partial charge is 0.258 e. The minimum Gasteiger partial charge on any atom is -0.349 e. The summed E-state index contributed by atoms with van der Waals surface area (Å²) in [6.45, 7) is 6.04. The van der Waals surface area contributed by atoms with Crippen LogP contribution in [-0.4, -0.2) is 21.0 Å². The number of carbonyl (C=O) groups excluding carboxylic acids is 1. The molecule has 146 valence electrons. The molecule has 1 aromatic carbocycles. The fourth-order valence-electron chi connectivity index (χ4n) is 2.99. The number of thioether (sulfide) groups is 1. The molecule has 0 fully saturated rings. The molecule has 0 aliphatic rings. The van der Waals surface area contributed by atoms with Crippen LogP contribution in [0.2, 0.25) is 0 Å². The normalized spacial score (nSPS) is 12.1. The minimum atomic E-state index is -0.0992. The Kier molecular flexibility index (Phi) is 6.52. The lowest BCUT2D eigenvalue weighted by atomic mass is 10.1. The summed E-state index contributed by atoms with van der Waals surface area (Å²) in [7, 11) is 0. The molecule has 1 atom stereocenters. The molecule has 2 heterocycles. The van der Waals surface area contributed by atoms with Gasteiger partial charge in [-0.1, -0.05) is 37.3 Å². The summed E-state index contributed by atoms with van der Waals surface area (Å²) < 4.78 is 1.54. The quantitative estimate of drug-likeness (QED) is 0.663. The molecule has 0 unspecified atom stereocenters. The third-order valence-corrected chi connectivity index (χ3v) is 5.58. The first-order chi connectivity index (χ1) is 13.5. The first-order valence-electron chi connectivity index (χ1n) is 9.41. The van der Waals surface area contributed by atoms with Crippen molar-refractivity contribution in [3.05, 3.63) is 81.4 Å². The molecular weight excluding hydrogens is 370 g/mol. The Labute approximate surface area is 169 Å². The second-order valence-electron chi connectivity index (χ2n) is 6.90. The predicted octanol–water partition coefficient (Wildman–Crippen LogP) is 3.68. The molecule has 0 bridgehead atoms. The largest absolute Gasteiger partial charge is 0.349 e. The molecule has 0 aliphatic carbocycles. The zero-order chi connectivity index (χ0) is 20.1. The van der Waals surface area contributed by atoms with Gasteiger partial charge in [-0.15, -0.1) is 11.8 Å². The van der Waals surface area contributed by atoms with Crippen LogP contribution < -0.4 is 10.9 Å². The average Bonchev–Trinajstić information content (AvgIpc) is 2.68. The van der Waals surface area contributed by atoms with Gasteiger partial charge in [0.25, 0.3) is 5.56 Å². The van der Waals surface area contributed by atoms with Gasteiger partial charge in [-0.3, -0.25) is 14.0 Å². The van der Waals surface area contributed by atoms with E-state index in [0.717, 1.165) is 17.5 Å². The highest BCUT2D eigenvalue weighted by molar-refractivity contribution is 7.99. The van der Waals surface area contributed by atoms with Gasteiger partial charge < -0.3 is 5.32 Å². The summed E-state index contributed by atoms with van der Waals surface area (Å²) in [6, 6.07) is 13.6. The van der Waals surface area contributed by atoms with Crippen molar-refractivity contribution >= 4 is 23.3 Å². The molecule has 2 aromatic heterocycles. The standard InChI is InChI=1S/C22H25N3O2S/c1-4-17-6-8-18(9-7-17)16(3)23-21(26)14-28-13-19-11-22(27)25-12-15(2)5-10-20(25)24-19/h5-12,16H,4,13-14H2,1-3H3,(H,23,26)/t16-/m0/s1. The van der Waals surface area contributed by atoms with Gasteiger partial charge in [0, 0.05) is 18.0 Å². The van der Waals surface area contributed by atoms with Crippen molar-refractivity contribution in [2.75, 3.05) is 5.75 Å². The van der Waals surface area contributed by atoms with Crippen LogP contribution in [-0.2, 0) is 17.0 Å². The molecule has 28 heavy (non-hydrogen) atoms. The number of benzene rings is 1. The number of fused-ring (bicyclic) bond motifs is 1. The number of aromatic nitrogens is 2. The van der Waals surface area contributed by atoms with Gasteiger partial charge in [0.1, 0.15) is 5.65 Å². The zero-order valence-electron chi connectivity index (χ0n) is 16.4. The molecule has 1 N–H and O–H groups in total. The highest BCUT2D eigenvalue weighted by Gasteiger charge is 2.10. The van der Waals surface area contributed by atoms with Crippen molar-refractivity contribution in [1.29, 1.82) is 0 Å². The predicted molar refractivity (Wildman–Crippen MR) is 115 cm³/mol. The number of pyridine rings is 1. The van der Waals surface area contributed by atoms with Crippen molar-refractivity contribution in [2.45, 2.75) is 39.0 Å². The number of nitrogens with zero attached hydrogens (tertiary/aromatic N) is 2. The van der Waals surface area contributed by atoms with Crippen molar-refractivity contribution in [1.82, 2.24) is 14.7 Å². The number of nitrogens with one attached hydrogen (secondary N) is 1. The Balaban J connectivity index is 1.54. The number of carbonyl (C=O) groups is 1. The van der Waals surface area contributed by atoms with Crippen LogP contribution in [0.4, 0.5) is 0 Å². The van der Waals surface area contributed by atoms with Crippen molar-refractivity contribution in [3.8, 4) is 0 Å². The maximum absolute atomic E-state index is 12.2. The molecule has 0 spiro atoms. The first kappa shape index (κ1) is 20.1. The summed E-state index contributed by atoms with van der Waals surface area (Å²) in [6.07, 6.45) is 2.78. The van der Waals surface area contributed by atoms with Crippen LogP contribution in [0, 0.1) is 6.92 Å². The summed E-state index contributed by atoms with van der Waals surface area (Å²) in [4.78, 5) is 29.0. The monoisotopic (exact) mass is 395 g/mol. The molecule has 0 radical (unpaired) electrons. The third kappa shape index (κ3) is 5.01. The molecular formula is C22H25N3O2S. The van der Waals surface area contributed by atoms with E-state index in [0.29, 0.717) is 22.8 Å². The van der Waals surface area contributed by atoms with Crippen LogP contribution in [0.25, 0.3) is 5.65 Å². The molecule has 0 saturated carbocycles. The van der Waals surface area contributed by atoms with E-state index in [-0.39, 0.29) is 17.5 Å².